The molecule has 5 nitrogen and oxygen atoms in total. The van der Waals surface area contributed by atoms with Gasteiger partial charge in [0.25, 0.3) is 0 Å². The Kier molecular flexibility index (Phi) is 2.74. The van der Waals surface area contributed by atoms with Crippen LogP contribution >= 0.6 is 0 Å². The molecule has 1 heterocycles. The van der Waals surface area contributed by atoms with Crippen LogP contribution in [0.4, 0.5) is 4.79 Å². The molecule has 3 rings (SSSR count). The van der Waals surface area contributed by atoms with Crippen LogP contribution in [0.5, 0.6) is 5.75 Å². The molecule has 0 saturated carbocycles. The number of nitrogens with zero attached hydrogens (tertiary/aromatic N) is 2. The number of amidine groups is 1. The van der Waals surface area contributed by atoms with E-state index in [1.54, 1.807) is 12.0 Å². The largest absolute Gasteiger partial charge is 0.497 e. The van der Waals surface area contributed by atoms with E-state index in [0.717, 1.165) is 24.2 Å². The maximum atomic E-state index is 12.2. The smallest absolute Gasteiger partial charge is 0.346 e. The molecule has 0 fully saturated rings. The number of nitrogens with two attached hydrogens (primary N) is 1. The number of hydrogen-bond donors (Lipinski definition) is 1. The van der Waals surface area contributed by atoms with Crippen molar-refractivity contribution in [1.29, 1.82) is 0 Å². The lowest BCUT2D eigenvalue weighted by Gasteiger charge is -2.38. The second-order valence-corrected chi connectivity index (χ2v) is 5.63. The van der Waals surface area contributed by atoms with E-state index in [-0.39, 0.29) is 12.1 Å². The molecule has 20 heavy (non-hydrogen) atoms. The monoisotopic (exact) mass is 273 g/mol. The number of benzene rings is 1. The van der Waals surface area contributed by atoms with Gasteiger partial charge in [-0.3, -0.25) is 0 Å². The Morgan fingerprint density at radius 3 is 2.85 bits per heavy atom. The highest BCUT2D eigenvalue weighted by atomic mass is 16.5. The summed E-state index contributed by atoms with van der Waals surface area (Å²) in [5.74, 6) is 1.18. The van der Waals surface area contributed by atoms with Gasteiger partial charge in [0, 0.05) is 6.04 Å². The summed E-state index contributed by atoms with van der Waals surface area (Å²) in [5.41, 5.74) is 7.82. The summed E-state index contributed by atoms with van der Waals surface area (Å²) in [4.78, 5) is 18.0. The van der Waals surface area contributed by atoms with Gasteiger partial charge in [0.05, 0.1) is 7.11 Å². The van der Waals surface area contributed by atoms with Crippen LogP contribution in [0, 0.1) is 0 Å². The molecule has 1 unspecified atom stereocenters. The molecule has 1 aliphatic carbocycles. The van der Waals surface area contributed by atoms with Crippen LogP contribution < -0.4 is 10.5 Å². The van der Waals surface area contributed by atoms with Crippen molar-refractivity contribution < 1.29 is 9.53 Å². The first kappa shape index (κ1) is 13.0. The number of rotatable bonds is 2. The summed E-state index contributed by atoms with van der Waals surface area (Å²) in [5, 5.41) is 0. The number of carbonyl (C=O) groups is 1. The SMILES string of the molecule is COc1ccc2c(c1)C1(CC2)C(N)=NC(=O)N1C(C)C. The lowest BCUT2D eigenvalue weighted by atomic mass is 9.88. The Balaban J connectivity index is 2.20. The number of aryl methyl sites for hydroxylation is 1. The van der Waals surface area contributed by atoms with Crippen LogP contribution in [0.2, 0.25) is 0 Å². The number of fused-ring (bicyclic) bond motifs is 2. The van der Waals surface area contributed by atoms with E-state index in [2.05, 4.69) is 11.1 Å². The molecule has 1 aromatic rings. The fourth-order valence-electron chi connectivity index (χ4n) is 3.45. The maximum Gasteiger partial charge on any atom is 0.346 e. The Labute approximate surface area is 118 Å². The van der Waals surface area contributed by atoms with Gasteiger partial charge in [-0.25, -0.2) is 4.79 Å². The molecule has 0 saturated heterocycles. The summed E-state index contributed by atoms with van der Waals surface area (Å²) >= 11 is 0. The lowest BCUT2D eigenvalue weighted by molar-refractivity contribution is 0.146. The minimum absolute atomic E-state index is 0.0458. The average molecular weight is 273 g/mol. The molecule has 2 aliphatic rings. The van der Waals surface area contributed by atoms with E-state index >= 15 is 0 Å². The third-order valence-corrected chi connectivity index (χ3v) is 4.29. The molecule has 1 aromatic carbocycles. The zero-order valence-corrected chi connectivity index (χ0v) is 12.0. The van der Waals surface area contributed by atoms with Gasteiger partial charge in [-0.2, -0.15) is 4.99 Å². The van der Waals surface area contributed by atoms with Crippen LogP contribution in [0.3, 0.4) is 0 Å². The van der Waals surface area contributed by atoms with Crippen molar-refractivity contribution in [3.05, 3.63) is 29.3 Å². The number of aliphatic imine (C=N–C) groups is 1. The standard InChI is InChI=1S/C15H19N3O2/c1-9(2)18-14(19)17-13(16)15(18)7-6-10-4-5-11(20-3)8-12(10)15/h4-5,8-9H,6-7H2,1-3H3,(H2,16,17,19). The van der Waals surface area contributed by atoms with Gasteiger partial charge < -0.3 is 15.4 Å². The summed E-state index contributed by atoms with van der Waals surface area (Å²) in [6, 6.07) is 5.79. The number of ether oxygens (including phenoxy) is 1. The average Bonchev–Trinajstić information content (AvgIpc) is 2.89. The zero-order valence-electron chi connectivity index (χ0n) is 12.0. The quantitative estimate of drug-likeness (QED) is 0.896. The van der Waals surface area contributed by atoms with Crippen molar-refractivity contribution in [3.63, 3.8) is 0 Å². The molecular weight excluding hydrogens is 254 g/mol. The molecule has 0 radical (unpaired) electrons. The summed E-state index contributed by atoms with van der Waals surface area (Å²) in [7, 11) is 1.64. The first-order valence-electron chi connectivity index (χ1n) is 6.86. The van der Waals surface area contributed by atoms with Crippen molar-refractivity contribution in [2.24, 2.45) is 10.7 Å². The molecule has 5 heteroatoms. The Bertz CT molecular complexity index is 609. The van der Waals surface area contributed by atoms with Gasteiger partial charge in [0.15, 0.2) is 0 Å². The number of urea groups is 1. The Morgan fingerprint density at radius 2 is 2.20 bits per heavy atom. The molecule has 1 spiro atoms. The number of carbonyl (C=O) groups excluding carboxylic acids is 1. The first-order chi connectivity index (χ1) is 9.50. The van der Waals surface area contributed by atoms with Gasteiger partial charge in [-0.1, -0.05) is 6.07 Å². The molecule has 1 atom stereocenters. The summed E-state index contributed by atoms with van der Waals surface area (Å²) in [6.07, 6.45) is 1.68. The van der Waals surface area contributed by atoms with Crippen LogP contribution in [-0.2, 0) is 12.0 Å². The highest BCUT2D eigenvalue weighted by molar-refractivity contribution is 6.07. The second-order valence-electron chi connectivity index (χ2n) is 5.63. The highest BCUT2D eigenvalue weighted by Crippen LogP contribution is 2.46. The van der Waals surface area contributed by atoms with Gasteiger partial charge in [-0.05, 0) is 49.9 Å². The van der Waals surface area contributed by atoms with Crippen molar-refractivity contribution in [2.45, 2.75) is 38.3 Å². The predicted molar refractivity (Wildman–Crippen MR) is 77.0 cm³/mol. The van der Waals surface area contributed by atoms with Crippen LogP contribution in [0.15, 0.2) is 23.2 Å². The van der Waals surface area contributed by atoms with Crippen molar-refractivity contribution >= 4 is 11.9 Å². The minimum Gasteiger partial charge on any atom is -0.497 e. The molecular formula is C15H19N3O2. The molecule has 0 bridgehead atoms. The van der Waals surface area contributed by atoms with Crippen LogP contribution in [0.25, 0.3) is 0 Å². The normalized spacial score (nSPS) is 24.5. The molecule has 2 amide bonds. The molecule has 106 valence electrons. The van der Waals surface area contributed by atoms with Gasteiger partial charge >= 0.3 is 6.03 Å². The highest BCUT2D eigenvalue weighted by Gasteiger charge is 2.54. The number of methoxy groups -OCH3 is 1. The van der Waals surface area contributed by atoms with Crippen molar-refractivity contribution in [1.82, 2.24) is 4.90 Å². The number of hydrogen-bond acceptors (Lipinski definition) is 3. The fraction of sp³-hybridized carbons (Fsp3) is 0.467. The Morgan fingerprint density at radius 1 is 1.45 bits per heavy atom. The van der Waals surface area contributed by atoms with E-state index < -0.39 is 5.54 Å². The first-order valence-corrected chi connectivity index (χ1v) is 6.86. The van der Waals surface area contributed by atoms with E-state index in [0.29, 0.717) is 5.84 Å². The summed E-state index contributed by atoms with van der Waals surface area (Å²) in [6.45, 7) is 3.98. The molecule has 1 aliphatic heterocycles. The van der Waals surface area contributed by atoms with Crippen LogP contribution in [0.1, 0.15) is 31.4 Å². The second kappa shape index (κ2) is 4.23. The fourth-order valence-corrected chi connectivity index (χ4v) is 3.45. The third-order valence-electron chi connectivity index (χ3n) is 4.29. The zero-order chi connectivity index (χ0) is 14.5. The van der Waals surface area contributed by atoms with Gasteiger partial charge in [0.1, 0.15) is 17.1 Å². The van der Waals surface area contributed by atoms with Crippen molar-refractivity contribution in [3.8, 4) is 5.75 Å². The van der Waals surface area contributed by atoms with E-state index in [1.807, 2.05) is 26.0 Å². The lowest BCUT2D eigenvalue weighted by Crippen LogP contribution is -2.52. The van der Waals surface area contributed by atoms with E-state index in [1.165, 1.54) is 5.56 Å². The molecule has 2 N–H and O–H groups in total. The summed E-state index contributed by atoms with van der Waals surface area (Å²) < 4.78 is 5.32. The minimum atomic E-state index is -0.588. The topological polar surface area (TPSA) is 67.9 Å². The van der Waals surface area contributed by atoms with E-state index in [9.17, 15) is 4.79 Å². The van der Waals surface area contributed by atoms with Gasteiger partial charge in [-0.15, -0.1) is 0 Å². The van der Waals surface area contributed by atoms with Crippen molar-refractivity contribution in [2.75, 3.05) is 7.11 Å². The van der Waals surface area contributed by atoms with E-state index in [4.69, 9.17) is 10.5 Å². The maximum absolute atomic E-state index is 12.2. The molecule has 0 aromatic heterocycles. The Hall–Kier alpha value is -2.04. The van der Waals surface area contributed by atoms with Crippen LogP contribution in [-0.4, -0.2) is 29.9 Å². The third kappa shape index (κ3) is 1.49. The van der Waals surface area contributed by atoms with Gasteiger partial charge in [0.2, 0.25) is 0 Å². The number of amides is 2. The predicted octanol–water partition coefficient (Wildman–Crippen LogP) is 2.04.